The summed E-state index contributed by atoms with van der Waals surface area (Å²) < 4.78 is 40.3. The van der Waals surface area contributed by atoms with Crippen molar-refractivity contribution in [2.75, 3.05) is 14.2 Å². The van der Waals surface area contributed by atoms with E-state index < -0.39 is 12.4 Å². The van der Waals surface area contributed by atoms with Gasteiger partial charge in [0.25, 0.3) is 0 Å². The second-order valence-corrected chi connectivity index (χ2v) is 6.71. The molecule has 12 heteroatoms. The van der Waals surface area contributed by atoms with Gasteiger partial charge >= 0.3 is 0 Å². The van der Waals surface area contributed by atoms with Gasteiger partial charge < -0.3 is 14.6 Å². The molecule has 1 N–H and O–H groups in total. The van der Waals surface area contributed by atoms with Gasteiger partial charge in [0.2, 0.25) is 0 Å². The summed E-state index contributed by atoms with van der Waals surface area (Å²) in [4.78, 5) is 0. The molecule has 0 atom stereocenters. The van der Waals surface area contributed by atoms with Crippen molar-refractivity contribution in [3.05, 3.63) is 71.8 Å². The predicted molar refractivity (Wildman–Crippen MR) is 114 cm³/mol. The van der Waals surface area contributed by atoms with E-state index in [0.717, 1.165) is 0 Å². The second kappa shape index (κ2) is 10.8. The molecule has 4 rings (SSSR count). The summed E-state index contributed by atoms with van der Waals surface area (Å²) in [6.45, 7) is -0.432. The molecule has 2 aromatic carbocycles. The first kappa shape index (κ1) is 23.3. The Morgan fingerprint density at radius 2 is 1.31 bits per heavy atom. The van der Waals surface area contributed by atoms with Crippen LogP contribution in [0.4, 0.5) is 8.78 Å². The van der Waals surface area contributed by atoms with Gasteiger partial charge in [-0.15, -0.1) is 10.2 Å². The fraction of sp³-hybridized carbons (Fsp3) is 0.200. The maximum Gasteiger partial charge on any atom is 0.172 e. The first-order chi connectivity index (χ1) is 15.5. The quantitative estimate of drug-likeness (QED) is 0.399. The van der Waals surface area contributed by atoms with E-state index >= 15 is 0 Å². The molecule has 4 aromatic rings. The van der Waals surface area contributed by atoms with Crippen molar-refractivity contribution in [1.29, 1.82) is 0 Å². The molecular formula is C20H19BrF2N6O3. The number of aliphatic hydroxyl groups excluding tert-OH is 1. The molecule has 0 bridgehead atoms. The third-order valence-electron chi connectivity index (χ3n) is 4.44. The van der Waals surface area contributed by atoms with E-state index in [0.29, 0.717) is 22.3 Å². The minimum absolute atomic E-state index is 0.0907. The lowest BCUT2D eigenvalue weighted by Crippen LogP contribution is -2.04. The number of nitrogens with zero attached hydrogens (tertiary/aromatic N) is 6. The monoisotopic (exact) mass is 508 g/mol. The molecule has 2 aromatic heterocycles. The Balaban J connectivity index is 0.000000181. The van der Waals surface area contributed by atoms with Crippen LogP contribution in [0.1, 0.15) is 11.1 Å². The number of methoxy groups -OCH3 is 2. The van der Waals surface area contributed by atoms with Crippen LogP contribution in [0.2, 0.25) is 0 Å². The number of halogens is 3. The van der Waals surface area contributed by atoms with E-state index in [1.165, 1.54) is 35.8 Å². The number of hydrogen-bond acceptors (Lipinski definition) is 7. The van der Waals surface area contributed by atoms with Crippen LogP contribution in [0.5, 0.6) is 11.5 Å². The topological polar surface area (TPSA) is 100 Å². The number of benzene rings is 2. The average molecular weight is 509 g/mol. The molecule has 0 aliphatic carbocycles. The van der Waals surface area contributed by atoms with Crippen LogP contribution in [0.25, 0.3) is 11.4 Å². The van der Waals surface area contributed by atoms with Crippen LogP contribution in [0.3, 0.4) is 0 Å². The van der Waals surface area contributed by atoms with E-state index in [-0.39, 0.29) is 22.9 Å². The van der Waals surface area contributed by atoms with E-state index in [2.05, 4.69) is 36.6 Å². The molecule has 0 amide bonds. The largest absolute Gasteiger partial charge is 0.494 e. The van der Waals surface area contributed by atoms with E-state index in [4.69, 9.17) is 14.6 Å². The number of rotatable bonds is 6. The van der Waals surface area contributed by atoms with Gasteiger partial charge in [-0.1, -0.05) is 26.4 Å². The van der Waals surface area contributed by atoms with Crippen molar-refractivity contribution in [3.63, 3.8) is 0 Å². The van der Waals surface area contributed by atoms with Crippen LogP contribution in [-0.2, 0) is 11.9 Å². The van der Waals surface area contributed by atoms with Crippen molar-refractivity contribution in [3.8, 4) is 22.9 Å². The van der Waals surface area contributed by atoms with Gasteiger partial charge in [0.15, 0.2) is 23.1 Å². The Morgan fingerprint density at radius 1 is 0.844 bits per heavy atom. The minimum Gasteiger partial charge on any atom is -0.494 e. The number of ether oxygens (including phenoxy) is 2. The SMILES string of the molecule is COc1ccc(-n2ccnn2)c(CBr)c1F.COc1ccc(-n2ccnn2)c(CO)c1F. The highest BCUT2D eigenvalue weighted by Gasteiger charge is 2.15. The molecule has 9 nitrogen and oxygen atoms in total. The standard InChI is InChI=1S/C10H9BrFN3O.C10H10FN3O2/c1-16-9-3-2-8(7(6-11)10(9)12)15-5-4-13-14-15;1-16-9-3-2-8(7(6-15)10(9)11)14-5-4-12-13-14/h2-5H,6H2,1H3;2-5,15H,6H2,1H3. The van der Waals surface area contributed by atoms with Crippen LogP contribution in [0, 0.1) is 11.6 Å². The maximum absolute atomic E-state index is 13.9. The summed E-state index contributed by atoms with van der Waals surface area (Å²) in [7, 11) is 2.81. The highest BCUT2D eigenvalue weighted by molar-refractivity contribution is 9.08. The summed E-state index contributed by atoms with van der Waals surface area (Å²) in [6, 6.07) is 6.40. The van der Waals surface area contributed by atoms with Gasteiger partial charge in [0.1, 0.15) is 0 Å². The molecule has 0 aliphatic rings. The molecule has 0 spiro atoms. The van der Waals surface area contributed by atoms with E-state index in [9.17, 15) is 8.78 Å². The molecule has 168 valence electrons. The third-order valence-corrected chi connectivity index (χ3v) is 5.00. The van der Waals surface area contributed by atoms with E-state index in [1.54, 1.807) is 36.8 Å². The number of hydrogen-bond donors (Lipinski definition) is 1. The fourth-order valence-corrected chi connectivity index (χ4v) is 3.41. The molecule has 2 heterocycles. The van der Waals surface area contributed by atoms with Crippen LogP contribution in [0.15, 0.2) is 49.1 Å². The van der Waals surface area contributed by atoms with Crippen LogP contribution < -0.4 is 9.47 Å². The van der Waals surface area contributed by atoms with Gasteiger partial charge in [0.05, 0.1) is 57.0 Å². The molecule has 0 unspecified atom stereocenters. The van der Waals surface area contributed by atoms with E-state index in [1.807, 2.05) is 0 Å². The molecule has 0 radical (unpaired) electrons. The Bertz CT molecular complexity index is 1070. The number of aromatic nitrogens is 6. The van der Waals surface area contributed by atoms with Crippen molar-refractivity contribution < 1.29 is 23.4 Å². The van der Waals surface area contributed by atoms with Gasteiger partial charge in [-0.25, -0.2) is 18.1 Å². The molecule has 0 saturated carbocycles. The lowest BCUT2D eigenvalue weighted by Gasteiger charge is -2.10. The van der Waals surface area contributed by atoms with Gasteiger partial charge in [-0.05, 0) is 24.3 Å². The van der Waals surface area contributed by atoms with Crippen molar-refractivity contribution in [2.24, 2.45) is 0 Å². The second-order valence-electron chi connectivity index (χ2n) is 6.15. The predicted octanol–water partition coefficient (Wildman–Crippen LogP) is 3.22. The smallest absolute Gasteiger partial charge is 0.172 e. The molecule has 0 fully saturated rings. The highest BCUT2D eigenvalue weighted by Crippen LogP contribution is 2.28. The lowest BCUT2D eigenvalue weighted by molar-refractivity contribution is 0.272. The van der Waals surface area contributed by atoms with Gasteiger partial charge in [-0.2, -0.15) is 0 Å². The fourth-order valence-electron chi connectivity index (χ4n) is 2.87. The summed E-state index contributed by atoms with van der Waals surface area (Å²) in [5.74, 6) is -0.656. The zero-order chi connectivity index (χ0) is 23.1. The summed E-state index contributed by atoms with van der Waals surface area (Å²) in [5.41, 5.74) is 1.71. The van der Waals surface area contributed by atoms with Gasteiger partial charge in [0, 0.05) is 16.5 Å². The first-order valence-corrected chi connectivity index (χ1v) is 10.3. The van der Waals surface area contributed by atoms with Crippen LogP contribution >= 0.6 is 15.9 Å². The molecule has 0 aliphatic heterocycles. The van der Waals surface area contributed by atoms with Crippen molar-refractivity contribution in [2.45, 2.75) is 11.9 Å². The Morgan fingerprint density at radius 3 is 1.69 bits per heavy atom. The summed E-state index contributed by atoms with van der Waals surface area (Å²) in [5, 5.41) is 24.4. The Kier molecular flexibility index (Phi) is 7.84. The third kappa shape index (κ3) is 4.75. The summed E-state index contributed by atoms with van der Waals surface area (Å²) in [6.07, 6.45) is 6.25. The van der Waals surface area contributed by atoms with Gasteiger partial charge in [-0.3, -0.25) is 0 Å². The molecule has 0 saturated heterocycles. The average Bonchev–Trinajstić information content (AvgIpc) is 3.53. The zero-order valence-electron chi connectivity index (χ0n) is 17.1. The highest BCUT2D eigenvalue weighted by atomic mass is 79.9. The first-order valence-electron chi connectivity index (χ1n) is 9.16. The normalized spacial score (nSPS) is 10.4. The minimum atomic E-state index is -0.585. The summed E-state index contributed by atoms with van der Waals surface area (Å²) >= 11 is 3.25. The van der Waals surface area contributed by atoms with Crippen molar-refractivity contribution >= 4 is 15.9 Å². The zero-order valence-corrected chi connectivity index (χ0v) is 18.7. The molecular weight excluding hydrogens is 490 g/mol. The Labute approximate surface area is 190 Å². The molecule has 32 heavy (non-hydrogen) atoms. The van der Waals surface area contributed by atoms with Crippen molar-refractivity contribution in [1.82, 2.24) is 30.0 Å². The Hall–Kier alpha value is -3.38. The lowest BCUT2D eigenvalue weighted by atomic mass is 10.1. The number of alkyl halides is 1. The number of aliphatic hydroxyl groups is 1. The maximum atomic E-state index is 13.9. The van der Waals surface area contributed by atoms with Crippen LogP contribution in [-0.4, -0.2) is 49.3 Å².